The molecule has 0 radical (unpaired) electrons. The van der Waals surface area contributed by atoms with Crippen molar-refractivity contribution in [2.24, 2.45) is 0 Å². The molecule has 0 heterocycles. The third-order valence-corrected chi connectivity index (χ3v) is 3.60. The topological polar surface area (TPSA) is 66.4 Å². The molecule has 0 aliphatic carbocycles. The van der Waals surface area contributed by atoms with Gasteiger partial charge >= 0.3 is 5.97 Å². The van der Waals surface area contributed by atoms with Gasteiger partial charge in [-0.1, -0.05) is 30.4 Å². The fourth-order valence-corrected chi connectivity index (χ4v) is 2.41. The quantitative estimate of drug-likeness (QED) is 0.571. The molecule has 1 aromatic rings. The second-order valence-electron chi connectivity index (χ2n) is 4.17. The maximum atomic E-state index is 11.7. The smallest absolute Gasteiger partial charge is 0.326 e. The molecule has 108 valence electrons. The van der Waals surface area contributed by atoms with E-state index in [0.29, 0.717) is 18.6 Å². The fourth-order valence-electron chi connectivity index (χ4n) is 1.54. The van der Waals surface area contributed by atoms with E-state index in [0.717, 1.165) is 4.90 Å². The molecule has 1 atom stereocenters. The Morgan fingerprint density at radius 2 is 2.05 bits per heavy atom. The Morgan fingerprint density at radius 1 is 1.35 bits per heavy atom. The highest BCUT2D eigenvalue weighted by Gasteiger charge is 2.17. The Bertz CT molecular complexity index is 459. The number of aliphatic carboxylic acids is 1. The zero-order chi connectivity index (χ0) is 14.8. The van der Waals surface area contributed by atoms with E-state index in [1.807, 2.05) is 37.3 Å². The summed E-state index contributed by atoms with van der Waals surface area (Å²) in [7, 11) is 0. The van der Waals surface area contributed by atoms with E-state index < -0.39 is 12.0 Å². The van der Waals surface area contributed by atoms with E-state index in [9.17, 15) is 9.59 Å². The van der Waals surface area contributed by atoms with Gasteiger partial charge in [-0.3, -0.25) is 4.79 Å². The SMILES string of the molecule is C/C=C/CC(NC(=O)CCSc1ccccc1)C(=O)O. The molecule has 5 heteroatoms. The van der Waals surface area contributed by atoms with Crippen LogP contribution in [0.15, 0.2) is 47.4 Å². The van der Waals surface area contributed by atoms with Crippen molar-refractivity contribution in [2.45, 2.75) is 30.7 Å². The number of carbonyl (C=O) groups excluding carboxylic acids is 1. The number of rotatable bonds is 8. The molecule has 0 aliphatic rings. The van der Waals surface area contributed by atoms with Crippen LogP contribution in [0.25, 0.3) is 0 Å². The third-order valence-electron chi connectivity index (χ3n) is 2.58. The molecule has 1 amide bonds. The first-order valence-electron chi connectivity index (χ1n) is 6.44. The molecule has 0 saturated carbocycles. The lowest BCUT2D eigenvalue weighted by atomic mass is 10.2. The fraction of sp³-hybridized carbons (Fsp3) is 0.333. The Labute approximate surface area is 123 Å². The summed E-state index contributed by atoms with van der Waals surface area (Å²) >= 11 is 1.58. The molecule has 1 unspecified atom stereocenters. The molecule has 1 aromatic carbocycles. The van der Waals surface area contributed by atoms with Crippen LogP contribution in [0.1, 0.15) is 19.8 Å². The predicted molar refractivity (Wildman–Crippen MR) is 80.8 cm³/mol. The van der Waals surface area contributed by atoms with E-state index in [-0.39, 0.29) is 5.91 Å². The minimum Gasteiger partial charge on any atom is -0.480 e. The Balaban J connectivity index is 2.33. The molecule has 0 aliphatic heterocycles. The highest BCUT2D eigenvalue weighted by atomic mass is 32.2. The second-order valence-corrected chi connectivity index (χ2v) is 5.34. The molecular formula is C15H19NO3S. The molecule has 0 saturated heterocycles. The van der Waals surface area contributed by atoms with E-state index >= 15 is 0 Å². The van der Waals surface area contributed by atoms with Gasteiger partial charge in [0.25, 0.3) is 0 Å². The minimum atomic E-state index is -1.01. The highest BCUT2D eigenvalue weighted by molar-refractivity contribution is 7.99. The lowest BCUT2D eigenvalue weighted by molar-refractivity contribution is -0.141. The Morgan fingerprint density at radius 3 is 2.65 bits per heavy atom. The summed E-state index contributed by atoms with van der Waals surface area (Å²) in [6, 6.07) is 8.94. The first-order chi connectivity index (χ1) is 9.63. The van der Waals surface area contributed by atoms with Gasteiger partial charge in [0.05, 0.1) is 0 Å². The van der Waals surface area contributed by atoms with Crippen molar-refractivity contribution in [3.8, 4) is 0 Å². The van der Waals surface area contributed by atoms with Crippen molar-refractivity contribution < 1.29 is 14.7 Å². The van der Waals surface area contributed by atoms with Gasteiger partial charge in [0.2, 0.25) is 5.91 Å². The van der Waals surface area contributed by atoms with Gasteiger partial charge in [0, 0.05) is 17.1 Å². The van der Waals surface area contributed by atoms with Crippen molar-refractivity contribution in [3.63, 3.8) is 0 Å². The number of nitrogens with one attached hydrogen (secondary N) is 1. The van der Waals surface area contributed by atoms with Crippen LogP contribution >= 0.6 is 11.8 Å². The second kappa shape index (κ2) is 9.20. The van der Waals surface area contributed by atoms with Crippen LogP contribution in [0, 0.1) is 0 Å². The number of hydrogen-bond donors (Lipinski definition) is 2. The molecule has 0 bridgehead atoms. The monoisotopic (exact) mass is 293 g/mol. The van der Waals surface area contributed by atoms with Gasteiger partial charge in [-0.2, -0.15) is 0 Å². The van der Waals surface area contributed by atoms with Gasteiger partial charge in [0.15, 0.2) is 0 Å². The number of carboxylic acid groups (broad SMARTS) is 1. The first kappa shape index (κ1) is 16.3. The molecule has 0 aromatic heterocycles. The summed E-state index contributed by atoms with van der Waals surface area (Å²) in [4.78, 5) is 23.8. The van der Waals surface area contributed by atoms with Crippen LogP contribution in [-0.4, -0.2) is 28.8 Å². The zero-order valence-corrected chi connectivity index (χ0v) is 12.2. The van der Waals surface area contributed by atoms with Crippen molar-refractivity contribution in [1.82, 2.24) is 5.32 Å². The maximum Gasteiger partial charge on any atom is 0.326 e. The number of hydrogen-bond acceptors (Lipinski definition) is 3. The minimum absolute atomic E-state index is 0.231. The van der Waals surface area contributed by atoms with Crippen LogP contribution in [0.4, 0.5) is 0 Å². The molecule has 20 heavy (non-hydrogen) atoms. The lowest BCUT2D eigenvalue weighted by Gasteiger charge is -2.12. The number of carbonyl (C=O) groups is 2. The van der Waals surface area contributed by atoms with E-state index in [2.05, 4.69) is 5.32 Å². The van der Waals surface area contributed by atoms with Crippen molar-refractivity contribution in [1.29, 1.82) is 0 Å². The Hall–Kier alpha value is -1.75. The summed E-state index contributed by atoms with van der Waals surface area (Å²) in [6.07, 6.45) is 4.12. The van der Waals surface area contributed by atoms with Crippen molar-refractivity contribution in [2.75, 3.05) is 5.75 Å². The molecule has 4 nitrogen and oxygen atoms in total. The van der Waals surface area contributed by atoms with Crippen molar-refractivity contribution >= 4 is 23.6 Å². The highest BCUT2D eigenvalue weighted by Crippen LogP contribution is 2.17. The number of carboxylic acids is 1. The van der Waals surface area contributed by atoms with Gasteiger partial charge < -0.3 is 10.4 Å². The van der Waals surface area contributed by atoms with Crippen LogP contribution in [0.3, 0.4) is 0 Å². The number of thioether (sulfide) groups is 1. The Kier molecular flexibility index (Phi) is 7.50. The number of amides is 1. The van der Waals surface area contributed by atoms with Crippen LogP contribution in [0.2, 0.25) is 0 Å². The largest absolute Gasteiger partial charge is 0.480 e. The van der Waals surface area contributed by atoms with Gasteiger partial charge in [-0.25, -0.2) is 4.79 Å². The lowest BCUT2D eigenvalue weighted by Crippen LogP contribution is -2.40. The first-order valence-corrected chi connectivity index (χ1v) is 7.43. The van der Waals surface area contributed by atoms with Crippen molar-refractivity contribution in [3.05, 3.63) is 42.5 Å². The van der Waals surface area contributed by atoms with E-state index in [1.54, 1.807) is 23.9 Å². The summed E-state index contributed by atoms with van der Waals surface area (Å²) in [5.41, 5.74) is 0. The molecule has 2 N–H and O–H groups in total. The van der Waals surface area contributed by atoms with Gasteiger partial charge in [0.1, 0.15) is 6.04 Å². The zero-order valence-electron chi connectivity index (χ0n) is 11.4. The normalized spacial score (nSPS) is 12.2. The molecular weight excluding hydrogens is 274 g/mol. The average molecular weight is 293 g/mol. The van der Waals surface area contributed by atoms with E-state index in [1.165, 1.54) is 0 Å². The maximum absolute atomic E-state index is 11.7. The van der Waals surface area contributed by atoms with E-state index in [4.69, 9.17) is 5.11 Å². The predicted octanol–water partition coefficient (Wildman–Crippen LogP) is 2.70. The van der Waals surface area contributed by atoms with Gasteiger partial charge in [-0.05, 0) is 25.5 Å². The summed E-state index contributed by atoms with van der Waals surface area (Å²) < 4.78 is 0. The summed E-state index contributed by atoms with van der Waals surface area (Å²) in [6.45, 7) is 1.82. The van der Waals surface area contributed by atoms with Crippen LogP contribution in [0.5, 0.6) is 0 Å². The standard InChI is InChI=1S/C15H19NO3S/c1-2-3-9-13(15(18)19)16-14(17)10-11-20-12-7-5-4-6-8-12/h2-8,13H,9-11H2,1H3,(H,16,17)(H,18,19)/b3-2+. The number of benzene rings is 1. The molecule has 1 rings (SSSR count). The van der Waals surface area contributed by atoms with Crippen LogP contribution < -0.4 is 5.32 Å². The molecule has 0 spiro atoms. The average Bonchev–Trinajstić information content (AvgIpc) is 2.44. The summed E-state index contributed by atoms with van der Waals surface area (Å²) in [5.74, 6) is -0.608. The third kappa shape index (κ3) is 6.43. The number of allylic oxidation sites excluding steroid dienone is 1. The summed E-state index contributed by atoms with van der Waals surface area (Å²) in [5, 5.41) is 11.5. The molecule has 0 fully saturated rings. The van der Waals surface area contributed by atoms with Crippen LogP contribution in [-0.2, 0) is 9.59 Å². The van der Waals surface area contributed by atoms with Gasteiger partial charge in [-0.15, -0.1) is 11.8 Å².